The minimum atomic E-state index is 1.16. The largest absolute Gasteiger partial charge is 0.309 e. The smallest absolute Gasteiger partial charge is 0.0547 e. The highest BCUT2D eigenvalue weighted by atomic mass is 15.0. The molecule has 11 aromatic rings. The van der Waals surface area contributed by atoms with Crippen LogP contribution in [0.25, 0.3) is 99.1 Å². The lowest BCUT2D eigenvalue weighted by Crippen LogP contribution is -1.97. The summed E-state index contributed by atoms with van der Waals surface area (Å²) in [7, 11) is 0. The van der Waals surface area contributed by atoms with Crippen LogP contribution in [0.1, 0.15) is 34.1 Å². The Hall–Kier alpha value is -7.16. The van der Waals surface area contributed by atoms with E-state index in [1.165, 1.54) is 94.2 Å². The summed E-state index contributed by atoms with van der Waals surface area (Å²) < 4.78 is 4.86. The van der Waals surface area contributed by atoms with Crippen molar-refractivity contribution >= 4 is 54.4 Å². The first kappa shape index (κ1) is 37.4. The molecule has 0 amide bonds. The van der Waals surface area contributed by atoms with Gasteiger partial charge in [-0.3, -0.25) is 0 Å². The predicted octanol–water partition coefficient (Wildman–Crippen LogP) is 16.5. The summed E-state index contributed by atoms with van der Waals surface area (Å²) in [6.07, 6.45) is 1.25. The summed E-state index contributed by atoms with van der Waals surface area (Å²) in [6.45, 7) is 8.25. The quantitative estimate of drug-likeness (QED) is 0.165. The zero-order chi connectivity index (χ0) is 40.3. The second-order valence-electron chi connectivity index (χ2n) is 14.9. The van der Waals surface area contributed by atoms with Crippen molar-refractivity contribution in [2.45, 2.75) is 34.1 Å². The van der Waals surface area contributed by atoms with E-state index in [-0.39, 0.29) is 0 Å². The molecule has 0 unspecified atom stereocenters. The monoisotopic (exact) mass is 760 g/mol. The van der Waals surface area contributed by atoms with Crippen molar-refractivity contribution in [3.8, 4) is 44.8 Å². The van der Waals surface area contributed by atoms with E-state index < -0.39 is 0 Å². The summed E-state index contributed by atoms with van der Waals surface area (Å²) in [4.78, 5) is 0. The highest BCUT2D eigenvalue weighted by molar-refractivity contribution is 6.12. The number of rotatable bonds is 5. The maximum atomic E-state index is 2.46. The Labute approximate surface area is 347 Å². The average Bonchev–Trinajstić information content (AvgIpc) is 3.82. The van der Waals surface area contributed by atoms with Gasteiger partial charge in [0.05, 0.1) is 27.8 Å². The first-order valence-electron chi connectivity index (χ1n) is 21.0. The SMILES string of the molecule is CC.CCC.c1ccc(-n2c3ccccc3c3ccc(-c4ccc5c6ccccc6n(-c6ccccc6-c6cccc(-c7ccc8ccccc8c7)c6)c5c4)cc32)cc1. The van der Waals surface area contributed by atoms with Crippen LogP contribution in [0.2, 0.25) is 0 Å². The van der Waals surface area contributed by atoms with Gasteiger partial charge in [0.25, 0.3) is 0 Å². The van der Waals surface area contributed by atoms with Gasteiger partial charge in [0.1, 0.15) is 0 Å². The number of nitrogens with zero attached hydrogens (tertiary/aromatic N) is 2. The summed E-state index contributed by atoms with van der Waals surface area (Å²) in [6, 6.07) is 75.3. The van der Waals surface area contributed by atoms with Gasteiger partial charge >= 0.3 is 0 Å². The Morgan fingerprint density at radius 1 is 0.322 bits per heavy atom. The number of aromatic nitrogens is 2. The van der Waals surface area contributed by atoms with Crippen molar-refractivity contribution in [3.05, 3.63) is 206 Å². The van der Waals surface area contributed by atoms with Crippen LogP contribution in [-0.2, 0) is 0 Å². The van der Waals surface area contributed by atoms with E-state index in [4.69, 9.17) is 0 Å². The molecule has 2 heterocycles. The Morgan fingerprint density at radius 2 is 0.797 bits per heavy atom. The van der Waals surface area contributed by atoms with Crippen molar-refractivity contribution in [2.75, 3.05) is 0 Å². The topological polar surface area (TPSA) is 9.86 Å². The standard InChI is InChI=1S/C52H34N2.C3H8.C2H6/c1-2-17-42(18-3-1)53-49-23-10-7-20-44(49)46-29-27-39(33-51(46)53)40-28-30-47-45-21-8-11-24-50(45)54(52(47)34-40)48-22-9-6-19-43(48)41-16-12-15-37(32-41)38-26-25-35-13-4-5-14-36(35)31-38;1-3-2;1-2/h1-34H;3H2,1-2H3;1-2H3. The molecule has 0 aliphatic heterocycles. The van der Waals surface area contributed by atoms with E-state index in [0.717, 1.165) is 11.4 Å². The number of fused-ring (bicyclic) bond motifs is 7. The molecule has 0 fully saturated rings. The van der Waals surface area contributed by atoms with E-state index in [1.54, 1.807) is 0 Å². The molecule has 0 aliphatic rings. The van der Waals surface area contributed by atoms with E-state index >= 15 is 0 Å². The molecule has 9 aromatic carbocycles. The van der Waals surface area contributed by atoms with E-state index in [0.29, 0.717) is 0 Å². The molecule has 0 radical (unpaired) electrons. The maximum absolute atomic E-state index is 2.46. The molecule has 0 saturated heterocycles. The van der Waals surface area contributed by atoms with Crippen LogP contribution in [0.5, 0.6) is 0 Å². The molecular weight excluding hydrogens is 713 g/mol. The fraction of sp³-hybridized carbons (Fsp3) is 0.0877. The van der Waals surface area contributed by atoms with Gasteiger partial charge in [-0.25, -0.2) is 0 Å². The lowest BCUT2D eigenvalue weighted by atomic mass is 9.96. The van der Waals surface area contributed by atoms with Crippen molar-refractivity contribution in [1.82, 2.24) is 9.13 Å². The van der Waals surface area contributed by atoms with E-state index in [9.17, 15) is 0 Å². The molecule has 2 aromatic heterocycles. The molecule has 0 saturated carbocycles. The van der Waals surface area contributed by atoms with Crippen molar-refractivity contribution in [2.24, 2.45) is 0 Å². The zero-order valence-corrected chi connectivity index (χ0v) is 34.2. The average molecular weight is 761 g/mol. The van der Waals surface area contributed by atoms with Gasteiger partial charge in [-0.2, -0.15) is 0 Å². The van der Waals surface area contributed by atoms with Crippen molar-refractivity contribution in [1.29, 1.82) is 0 Å². The summed E-state index contributed by atoms with van der Waals surface area (Å²) in [5, 5.41) is 7.52. The van der Waals surface area contributed by atoms with E-state index in [1.807, 2.05) is 13.8 Å². The molecule has 0 bridgehead atoms. The highest BCUT2D eigenvalue weighted by Gasteiger charge is 2.18. The van der Waals surface area contributed by atoms with Crippen molar-refractivity contribution in [3.63, 3.8) is 0 Å². The van der Waals surface area contributed by atoms with Crippen molar-refractivity contribution < 1.29 is 0 Å². The molecule has 0 N–H and O–H groups in total. The molecule has 0 aliphatic carbocycles. The van der Waals surface area contributed by atoms with Crippen LogP contribution in [0, 0.1) is 0 Å². The third kappa shape index (κ3) is 6.77. The first-order valence-corrected chi connectivity index (χ1v) is 21.0. The summed E-state index contributed by atoms with van der Waals surface area (Å²) in [5.41, 5.74) is 14.3. The Balaban J connectivity index is 0.000000861. The third-order valence-corrected chi connectivity index (χ3v) is 11.1. The van der Waals surface area contributed by atoms with E-state index in [2.05, 4.69) is 229 Å². The molecule has 286 valence electrons. The van der Waals surface area contributed by atoms with Crippen LogP contribution < -0.4 is 0 Å². The number of benzene rings is 9. The second kappa shape index (κ2) is 16.4. The zero-order valence-electron chi connectivity index (χ0n) is 34.2. The minimum Gasteiger partial charge on any atom is -0.309 e. The van der Waals surface area contributed by atoms with Gasteiger partial charge in [-0.05, 0) is 93.2 Å². The minimum absolute atomic E-state index is 1.16. The molecule has 0 atom stereocenters. The molecular formula is C57H48N2. The molecule has 0 spiro atoms. The Morgan fingerprint density at radius 3 is 1.49 bits per heavy atom. The first-order chi connectivity index (χ1) is 29.2. The molecule has 11 rings (SSSR count). The Bertz CT molecular complexity index is 3230. The lowest BCUT2D eigenvalue weighted by Gasteiger charge is -2.15. The highest BCUT2D eigenvalue weighted by Crippen LogP contribution is 2.40. The van der Waals surface area contributed by atoms with Gasteiger partial charge < -0.3 is 9.13 Å². The number of hydrogen-bond acceptors (Lipinski definition) is 0. The van der Waals surface area contributed by atoms with Gasteiger partial charge in [-0.15, -0.1) is 0 Å². The molecule has 2 nitrogen and oxygen atoms in total. The van der Waals surface area contributed by atoms with Gasteiger partial charge in [0.15, 0.2) is 0 Å². The lowest BCUT2D eigenvalue weighted by molar-refractivity contribution is 1.09. The third-order valence-electron chi connectivity index (χ3n) is 11.1. The van der Waals surface area contributed by atoms with Gasteiger partial charge in [-0.1, -0.05) is 186 Å². The molecule has 2 heteroatoms. The fourth-order valence-electron chi connectivity index (χ4n) is 8.56. The number of para-hydroxylation sites is 4. The van der Waals surface area contributed by atoms with Crippen LogP contribution in [0.3, 0.4) is 0 Å². The molecule has 59 heavy (non-hydrogen) atoms. The predicted molar refractivity (Wildman–Crippen MR) is 256 cm³/mol. The second-order valence-corrected chi connectivity index (χ2v) is 14.9. The van der Waals surface area contributed by atoms with Crippen LogP contribution >= 0.6 is 0 Å². The fourth-order valence-corrected chi connectivity index (χ4v) is 8.56. The summed E-state index contributed by atoms with van der Waals surface area (Å²) in [5.74, 6) is 0. The van der Waals surface area contributed by atoms with Gasteiger partial charge in [0.2, 0.25) is 0 Å². The normalized spacial score (nSPS) is 11.1. The summed E-state index contributed by atoms with van der Waals surface area (Å²) >= 11 is 0. The van der Waals surface area contributed by atoms with Crippen LogP contribution in [0.4, 0.5) is 0 Å². The maximum Gasteiger partial charge on any atom is 0.0547 e. The number of hydrogen-bond donors (Lipinski definition) is 0. The van der Waals surface area contributed by atoms with Crippen LogP contribution in [-0.4, -0.2) is 9.13 Å². The van der Waals surface area contributed by atoms with Crippen LogP contribution in [0.15, 0.2) is 206 Å². The Kier molecular flexibility index (Phi) is 10.4. The van der Waals surface area contributed by atoms with Gasteiger partial charge in [0, 0.05) is 32.8 Å².